The fraction of sp³-hybridized carbons (Fsp3) is 0.400. The molecule has 2 unspecified atom stereocenters. The van der Waals surface area contributed by atoms with Gasteiger partial charge in [-0.05, 0) is 37.6 Å². The van der Waals surface area contributed by atoms with Gasteiger partial charge in [0.2, 0.25) is 5.91 Å². The molecule has 122 valence electrons. The van der Waals surface area contributed by atoms with E-state index in [9.17, 15) is 4.79 Å². The first-order valence-corrected chi connectivity index (χ1v) is 7.41. The fourth-order valence-electron chi connectivity index (χ4n) is 2.35. The minimum absolute atomic E-state index is 0.0855. The lowest BCUT2D eigenvalue weighted by Crippen LogP contribution is -2.43. The Hall–Kier alpha value is -2.45. The van der Waals surface area contributed by atoms with Gasteiger partial charge in [0.25, 0.3) is 5.89 Å². The second-order valence-corrected chi connectivity index (χ2v) is 5.44. The molecule has 0 radical (unpaired) electrons. The number of hydrogen-bond acceptors (Lipinski definition) is 7. The molecule has 0 bridgehead atoms. The highest BCUT2D eigenvalue weighted by atomic mass is 16.5. The van der Waals surface area contributed by atoms with Crippen LogP contribution < -0.4 is 20.9 Å². The average molecular weight is 317 g/mol. The first-order chi connectivity index (χ1) is 11.2. The summed E-state index contributed by atoms with van der Waals surface area (Å²) in [6.45, 7) is 2.24. The molecule has 0 spiro atoms. The predicted octanol–water partition coefficient (Wildman–Crippen LogP) is 0.616. The highest BCUT2D eigenvalue weighted by molar-refractivity contribution is 5.81. The summed E-state index contributed by atoms with van der Waals surface area (Å²) >= 11 is 0. The molecule has 3 N–H and O–H groups in total. The third-order valence-electron chi connectivity index (χ3n) is 3.64. The van der Waals surface area contributed by atoms with Crippen molar-refractivity contribution in [3.8, 4) is 17.2 Å². The standard InChI is InChI=1S/C15H19N5O3/c1-9-7-12(19-18-9)14(21)16-8-13-17-15(23-20-13)10-3-5-11(22-2)6-4-10/h3-6,9,12,18-19H,7-8H2,1-2H3,(H,16,21). The number of nitrogens with one attached hydrogen (secondary N) is 3. The second kappa shape index (κ2) is 6.76. The normalized spacial score (nSPS) is 20.4. The van der Waals surface area contributed by atoms with Gasteiger partial charge in [-0.15, -0.1) is 0 Å². The number of ether oxygens (including phenoxy) is 1. The van der Waals surface area contributed by atoms with Crippen molar-refractivity contribution in [2.75, 3.05) is 7.11 Å². The summed E-state index contributed by atoms with van der Waals surface area (Å²) in [6.07, 6.45) is 0.745. The van der Waals surface area contributed by atoms with Crippen LogP contribution in [0.2, 0.25) is 0 Å². The molecule has 23 heavy (non-hydrogen) atoms. The third-order valence-corrected chi connectivity index (χ3v) is 3.64. The number of hydrogen-bond donors (Lipinski definition) is 3. The lowest BCUT2D eigenvalue weighted by molar-refractivity contribution is -0.123. The van der Waals surface area contributed by atoms with Crippen LogP contribution in [0.5, 0.6) is 5.75 Å². The average Bonchev–Trinajstić information content (AvgIpc) is 3.22. The predicted molar refractivity (Wildman–Crippen MR) is 82.3 cm³/mol. The Kier molecular flexibility index (Phi) is 4.54. The van der Waals surface area contributed by atoms with Crippen LogP contribution in [0, 0.1) is 0 Å². The van der Waals surface area contributed by atoms with Crippen molar-refractivity contribution >= 4 is 5.91 Å². The van der Waals surface area contributed by atoms with Gasteiger partial charge in [0.05, 0.1) is 13.7 Å². The van der Waals surface area contributed by atoms with Crippen molar-refractivity contribution in [1.82, 2.24) is 26.3 Å². The molecule has 3 rings (SSSR count). The Morgan fingerprint density at radius 1 is 1.39 bits per heavy atom. The van der Waals surface area contributed by atoms with Gasteiger partial charge in [0.15, 0.2) is 5.82 Å². The monoisotopic (exact) mass is 317 g/mol. The molecule has 1 saturated heterocycles. The summed E-state index contributed by atoms with van der Waals surface area (Å²) < 4.78 is 10.3. The van der Waals surface area contributed by atoms with Crippen molar-refractivity contribution in [3.63, 3.8) is 0 Å². The van der Waals surface area contributed by atoms with Crippen LogP contribution in [0.15, 0.2) is 28.8 Å². The smallest absolute Gasteiger partial charge is 0.257 e. The van der Waals surface area contributed by atoms with Crippen LogP contribution in [-0.2, 0) is 11.3 Å². The van der Waals surface area contributed by atoms with Gasteiger partial charge in [-0.25, -0.2) is 5.43 Å². The highest BCUT2D eigenvalue weighted by Gasteiger charge is 2.26. The van der Waals surface area contributed by atoms with Gasteiger partial charge in [0.1, 0.15) is 11.8 Å². The summed E-state index contributed by atoms with van der Waals surface area (Å²) in [4.78, 5) is 16.3. The number of rotatable bonds is 5. The molecule has 1 aliphatic rings. The fourth-order valence-corrected chi connectivity index (χ4v) is 2.35. The van der Waals surface area contributed by atoms with E-state index in [4.69, 9.17) is 9.26 Å². The van der Waals surface area contributed by atoms with Crippen molar-refractivity contribution < 1.29 is 14.1 Å². The van der Waals surface area contributed by atoms with Crippen molar-refractivity contribution in [3.05, 3.63) is 30.1 Å². The number of benzene rings is 1. The Morgan fingerprint density at radius 3 is 2.83 bits per heavy atom. The zero-order valence-electron chi connectivity index (χ0n) is 13.0. The van der Waals surface area contributed by atoms with E-state index in [1.165, 1.54) is 0 Å². The highest BCUT2D eigenvalue weighted by Crippen LogP contribution is 2.20. The van der Waals surface area contributed by atoms with Gasteiger partial charge < -0.3 is 14.6 Å². The zero-order valence-corrected chi connectivity index (χ0v) is 13.0. The van der Waals surface area contributed by atoms with Crippen LogP contribution in [0.25, 0.3) is 11.5 Å². The SMILES string of the molecule is COc1ccc(-c2nc(CNC(=O)C3CC(C)NN3)no2)cc1. The lowest BCUT2D eigenvalue weighted by atomic mass is 10.1. The van der Waals surface area contributed by atoms with Crippen LogP contribution in [0.1, 0.15) is 19.2 Å². The minimum atomic E-state index is -0.238. The maximum absolute atomic E-state index is 12.0. The van der Waals surface area contributed by atoms with Crippen molar-refractivity contribution in [1.29, 1.82) is 0 Å². The summed E-state index contributed by atoms with van der Waals surface area (Å²) in [5.41, 5.74) is 6.76. The number of hydrazine groups is 1. The van der Waals surface area contributed by atoms with Gasteiger partial charge >= 0.3 is 0 Å². The van der Waals surface area contributed by atoms with Crippen LogP contribution >= 0.6 is 0 Å². The number of amides is 1. The summed E-state index contributed by atoms with van der Waals surface area (Å²) in [5.74, 6) is 1.51. The molecule has 2 aromatic rings. The summed E-state index contributed by atoms with van der Waals surface area (Å²) in [5, 5.41) is 6.68. The lowest BCUT2D eigenvalue weighted by Gasteiger charge is -2.08. The van der Waals surface area contributed by atoms with Crippen molar-refractivity contribution in [2.24, 2.45) is 0 Å². The van der Waals surface area contributed by atoms with E-state index in [1.54, 1.807) is 7.11 Å². The number of carbonyl (C=O) groups is 1. The first-order valence-electron chi connectivity index (χ1n) is 7.41. The molecule has 0 saturated carbocycles. The zero-order chi connectivity index (χ0) is 16.2. The maximum atomic E-state index is 12.0. The van der Waals surface area contributed by atoms with E-state index in [2.05, 4.69) is 26.3 Å². The molecule has 8 nitrogen and oxygen atoms in total. The Balaban J connectivity index is 1.57. The van der Waals surface area contributed by atoms with E-state index in [-0.39, 0.29) is 24.5 Å². The molecule has 8 heteroatoms. The molecular formula is C15H19N5O3. The van der Waals surface area contributed by atoms with E-state index >= 15 is 0 Å². The van der Waals surface area contributed by atoms with Crippen LogP contribution in [0.4, 0.5) is 0 Å². The Bertz CT molecular complexity index is 670. The van der Waals surface area contributed by atoms with Crippen molar-refractivity contribution in [2.45, 2.75) is 32.0 Å². The molecule has 1 amide bonds. The Morgan fingerprint density at radius 2 is 2.17 bits per heavy atom. The molecule has 1 aliphatic heterocycles. The van der Waals surface area contributed by atoms with Gasteiger partial charge in [0, 0.05) is 11.6 Å². The topological polar surface area (TPSA) is 101 Å². The number of aromatic nitrogens is 2. The molecule has 1 aromatic carbocycles. The summed E-state index contributed by atoms with van der Waals surface area (Å²) in [7, 11) is 1.61. The van der Waals surface area contributed by atoms with E-state index in [0.29, 0.717) is 11.7 Å². The van der Waals surface area contributed by atoms with Gasteiger partial charge in [-0.3, -0.25) is 10.2 Å². The molecule has 1 fully saturated rings. The quantitative estimate of drug-likeness (QED) is 0.743. The van der Waals surface area contributed by atoms with E-state index in [0.717, 1.165) is 17.7 Å². The molecule has 1 aromatic heterocycles. The van der Waals surface area contributed by atoms with Crippen LogP contribution in [0.3, 0.4) is 0 Å². The van der Waals surface area contributed by atoms with E-state index in [1.807, 2.05) is 31.2 Å². The maximum Gasteiger partial charge on any atom is 0.257 e. The van der Waals surface area contributed by atoms with Crippen LogP contribution in [-0.4, -0.2) is 35.2 Å². The summed E-state index contributed by atoms with van der Waals surface area (Å²) in [6, 6.07) is 7.35. The van der Waals surface area contributed by atoms with E-state index < -0.39 is 0 Å². The number of nitrogens with zero attached hydrogens (tertiary/aromatic N) is 2. The molecule has 2 atom stereocenters. The van der Waals surface area contributed by atoms with Gasteiger partial charge in [-0.1, -0.05) is 5.16 Å². The first kappa shape index (κ1) is 15.4. The largest absolute Gasteiger partial charge is 0.497 e. The second-order valence-electron chi connectivity index (χ2n) is 5.44. The van der Waals surface area contributed by atoms with Gasteiger partial charge in [-0.2, -0.15) is 4.98 Å². The number of carbonyl (C=O) groups excluding carboxylic acids is 1. The third kappa shape index (κ3) is 3.66. The minimum Gasteiger partial charge on any atom is -0.497 e. The molecule has 2 heterocycles. The molecule has 0 aliphatic carbocycles. The number of methoxy groups -OCH3 is 1. The molecular weight excluding hydrogens is 298 g/mol. The Labute approximate surface area is 133 Å².